The van der Waals surface area contributed by atoms with E-state index in [1.54, 1.807) is 6.08 Å². The van der Waals surface area contributed by atoms with Gasteiger partial charge in [0, 0.05) is 13.0 Å². The van der Waals surface area contributed by atoms with Crippen molar-refractivity contribution < 1.29 is 9.53 Å². The highest BCUT2D eigenvalue weighted by atomic mass is 16.5. The topological polar surface area (TPSA) is 38.3 Å². The van der Waals surface area contributed by atoms with Crippen molar-refractivity contribution in [3.05, 3.63) is 12.7 Å². The first kappa shape index (κ1) is 12.8. The van der Waals surface area contributed by atoms with Crippen molar-refractivity contribution in [1.82, 2.24) is 5.32 Å². The van der Waals surface area contributed by atoms with Gasteiger partial charge in [0.1, 0.15) is 12.7 Å². The molecule has 1 unspecified atom stereocenters. The molecule has 0 aromatic heterocycles. The molecule has 3 heteroatoms. The van der Waals surface area contributed by atoms with E-state index in [0.717, 1.165) is 19.3 Å². The van der Waals surface area contributed by atoms with Gasteiger partial charge in [0.05, 0.1) is 0 Å². The fraction of sp³-hybridized carbons (Fsp3) is 0.615. The molecule has 0 aromatic carbocycles. The molecule has 3 nitrogen and oxygen atoms in total. The molecule has 1 aliphatic rings. The standard InChI is InChI=1S/C13H19NO2/c1-2-10-14-13(15)11-16-12-8-6-4-3-5-7-9-12/h2,12H,1,3-6,8,10-11H2,(H,14,15). The first-order valence-corrected chi connectivity index (χ1v) is 5.80. The van der Waals surface area contributed by atoms with Gasteiger partial charge >= 0.3 is 0 Å². The zero-order chi connectivity index (χ0) is 11.6. The zero-order valence-electron chi connectivity index (χ0n) is 9.63. The van der Waals surface area contributed by atoms with Gasteiger partial charge in [-0.2, -0.15) is 0 Å². The largest absolute Gasteiger partial charge is 0.356 e. The van der Waals surface area contributed by atoms with Crippen LogP contribution in [-0.2, 0) is 9.53 Å². The lowest BCUT2D eigenvalue weighted by Crippen LogP contribution is -2.29. The number of carbonyl (C=O) groups is 1. The molecule has 1 atom stereocenters. The number of nitrogens with one attached hydrogen (secondary N) is 1. The lowest BCUT2D eigenvalue weighted by atomic mass is 10.1. The second-order valence-corrected chi connectivity index (χ2v) is 3.81. The maximum atomic E-state index is 11.3. The molecule has 0 heterocycles. The summed E-state index contributed by atoms with van der Waals surface area (Å²) in [6.45, 7) is 4.10. The second-order valence-electron chi connectivity index (χ2n) is 3.81. The first-order valence-electron chi connectivity index (χ1n) is 5.80. The van der Waals surface area contributed by atoms with Crippen LogP contribution in [0.5, 0.6) is 0 Å². The van der Waals surface area contributed by atoms with E-state index >= 15 is 0 Å². The van der Waals surface area contributed by atoms with Gasteiger partial charge in [0.2, 0.25) is 5.91 Å². The van der Waals surface area contributed by atoms with Crippen LogP contribution >= 0.6 is 0 Å². The van der Waals surface area contributed by atoms with Crippen molar-refractivity contribution in [3.63, 3.8) is 0 Å². The van der Waals surface area contributed by atoms with E-state index in [2.05, 4.69) is 23.7 Å². The van der Waals surface area contributed by atoms with Crippen LogP contribution in [0.1, 0.15) is 32.1 Å². The average molecular weight is 221 g/mol. The number of hydrogen-bond donors (Lipinski definition) is 1. The first-order chi connectivity index (χ1) is 7.83. The molecule has 88 valence electrons. The Hall–Kier alpha value is -1.27. The predicted octanol–water partition coefficient (Wildman–Crippen LogP) is 1.64. The van der Waals surface area contributed by atoms with E-state index in [4.69, 9.17) is 4.74 Å². The Morgan fingerprint density at radius 3 is 3.19 bits per heavy atom. The number of ether oxygens (including phenoxy) is 1. The molecule has 0 saturated heterocycles. The zero-order valence-corrected chi connectivity index (χ0v) is 9.63. The molecule has 0 saturated carbocycles. The van der Waals surface area contributed by atoms with Crippen LogP contribution in [0.15, 0.2) is 12.7 Å². The maximum Gasteiger partial charge on any atom is 0.246 e. The quantitative estimate of drug-likeness (QED) is 0.566. The molecular formula is C13H19NO2. The Morgan fingerprint density at radius 2 is 2.38 bits per heavy atom. The molecule has 0 bridgehead atoms. The van der Waals surface area contributed by atoms with E-state index in [-0.39, 0.29) is 18.6 Å². The highest BCUT2D eigenvalue weighted by Gasteiger charge is 2.09. The smallest absolute Gasteiger partial charge is 0.246 e. The maximum absolute atomic E-state index is 11.3. The summed E-state index contributed by atoms with van der Waals surface area (Å²) >= 11 is 0. The minimum absolute atomic E-state index is 0.0743. The summed E-state index contributed by atoms with van der Waals surface area (Å²) < 4.78 is 5.46. The van der Waals surface area contributed by atoms with E-state index in [1.807, 2.05) is 0 Å². The number of amides is 1. The summed E-state index contributed by atoms with van der Waals surface area (Å²) in [7, 11) is 0. The van der Waals surface area contributed by atoms with Gasteiger partial charge in [-0.15, -0.1) is 12.5 Å². The molecule has 1 aliphatic carbocycles. The van der Waals surface area contributed by atoms with Gasteiger partial charge in [-0.05, 0) is 19.3 Å². The monoisotopic (exact) mass is 221 g/mol. The van der Waals surface area contributed by atoms with Crippen molar-refractivity contribution in [2.75, 3.05) is 13.2 Å². The molecule has 16 heavy (non-hydrogen) atoms. The van der Waals surface area contributed by atoms with Crippen LogP contribution in [0.4, 0.5) is 0 Å². The summed E-state index contributed by atoms with van der Waals surface area (Å²) in [5.41, 5.74) is 0. The van der Waals surface area contributed by atoms with Crippen molar-refractivity contribution >= 4 is 5.91 Å². The minimum atomic E-state index is -0.108. The highest BCUT2D eigenvalue weighted by Crippen LogP contribution is 2.10. The molecule has 0 aromatic rings. The van der Waals surface area contributed by atoms with Gasteiger partial charge in [-0.25, -0.2) is 0 Å². The minimum Gasteiger partial charge on any atom is -0.356 e. The summed E-state index contributed by atoms with van der Waals surface area (Å²) in [6.07, 6.45) is 6.97. The van der Waals surface area contributed by atoms with Crippen molar-refractivity contribution in [3.8, 4) is 11.8 Å². The van der Waals surface area contributed by atoms with Gasteiger partial charge in [-0.3, -0.25) is 4.79 Å². The lowest BCUT2D eigenvalue weighted by molar-refractivity contribution is -0.126. The third-order valence-electron chi connectivity index (χ3n) is 2.39. The molecule has 1 N–H and O–H groups in total. The molecular weight excluding hydrogens is 202 g/mol. The Labute approximate surface area is 97.2 Å². The molecule has 1 amide bonds. The normalized spacial score (nSPS) is 19.9. The molecule has 0 aliphatic heterocycles. The average Bonchev–Trinajstić information content (AvgIpc) is 2.25. The Balaban J connectivity index is 2.24. The fourth-order valence-corrected chi connectivity index (χ4v) is 1.52. The second kappa shape index (κ2) is 7.95. The van der Waals surface area contributed by atoms with Gasteiger partial charge in [0.25, 0.3) is 0 Å². The Morgan fingerprint density at radius 1 is 1.50 bits per heavy atom. The number of rotatable bonds is 5. The fourth-order valence-electron chi connectivity index (χ4n) is 1.52. The van der Waals surface area contributed by atoms with Crippen LogP contribution in [-0.4, -0.2) is 25.2 Å². The summed E-state index contributed by atoms with van der Waals surface area (Å²) in [5, 5.41) is 2.67. The molecule has 0 spiro atoms. The van der Waals surface area contributed by atoms with E-state index in [0.29, 0.717) is 6.54 Å². The van der Waals surface area contributed by atoms with Crippen molar-refractivity contribution in [2.24, 2.45) is 0 Å². The summed E-state index contributed by atoms with van der Waals surface area (Å²) in [6, 6.07) is 0. The van der Waals surface area contributed by atoms with Gasteiger partial charge < -0.3 is 10.1 Å². The molecule has 0 radical (unpaired) electrons. The van der Waals surface area contributed by atoms with Crippen LogP contribution in [0.3, 0.4) is 0 Å². The highest BCUT2D eigenvalue weighted by molar-refractivity contribution is 5.77. The van der Waals surface area contributed by atoms with Crippen molar-refractivity contribution in [2.45, 2.75) is 38.2 Å². The number of hydrogen-bond acceptors (Lipinski definition) is 2. The van der Waals surface area contributed by atoms with Crippen molar-refractivity contribution in [1.29, 1.82) is 0 Å². The third-order valence-corrected chi connectivity index (χ3v) is 2.39. The van der Waals surface area contributed by atoms with Crippen LogP contribution < -0.4 is 5.32 Å². The van der Waals surface area contributed by atoms with Crippen LogP contribution in [0, 0.1) is 11.8 Å². The van der Waals surface area contributed by atoms with Crippen LogP contribution in [0.2, 0.25) is 0 Å². The van der Waals surface area contributed by atoms with E-state index < -0.39 is 0 Å². The predicted molar refractivity (Wildman–Crippen MR) is 63.8 cm³/mol. The molecule has 1 rings (SSSR count). The Bertz CT molecular complexity index is 288. The van der Waals surface area contributed by atoms with Crippen LogP contribution in [0.25, 0.3) is 0 Å². The lowest BCUT2D eigenvalue weighted by Gasteiger charge is -2.13. The van der Waals surface area contributed by atoms with Gasteiger partial charge in [0.15, 0.2) is 0 Å². The van der Waals surface area contributed by atoms with E-state index in [9.17, 15) is 4.79 Å². The summed E-state index contributed by atoms with van der Waals surface area (Å²) in [4.78, 5) is 11.3. The third kappa shape index (κ3) is 5.57. The number of carbonyl (C=O) groups excluding carboxylic acids is 1. The van der Waals surface area contributed by atoms with Gasteiger partial charge in [-0.1, -0.05) is 18.4 Å². The SMILES string of the molecule is C=CCNC(=O)COC1C#CCCCCC1. The van der Waals surface area contributed by atoms with E-state index in [1.165, 1.54) is 12.8 Å². The molecule has 0 fully saturated rings. The summed E-state index contributed by atoms with van der Waals surface area (Å²) in [5.74, 6) is 6.03. The Kier molecular flexibility index (Phi) is 6.36.